The third-order valence-corrected chi connectivity index (χ3v) is 4.46. The number of carbonyl (C=O) groups excluding carboxylic acids is 2. The number of rotatable bonds is 7. The SMILES string of the molecule is COc1ccccc1OCC(=O)NCC(=O)N1CCOC(c2ccccc2)C1. The first kappa shape index (κ1) is 19.7. The van der Waals surface area contributed by atoms with Gasteiger partial charge in [0.15, 0.2) is 18.1 Å². The van der Waals surface area contributed by atoms with Crippen LogP contribution in [0.25, 0.3) is 0 Å². The molecule has 148 valence electrons. The Bertz CT molecular complexity index is 796. The first-order valence-corrected chi connectivity index (χ1v) is 9.14. The molecule has 1 saturated heterocycles. The van der Waals surface area contributed by atoms with E-state index in [2.05, 4.69) is 5.32 Å². The van der Waals surface area contributed by atoms with Gasteiger partial charge in [0.1, 0.15) is 6.10 Å². The van der Waals surface area contributed by atoms with Crippen LogP contribution in [0.1, 0.15) is 11.7 Å². The van der Waals surface area contributed by atoms with Crippen LogP contribution in [0.15, 0.2) is 54.6 Å². The summed E-state index contributed by atoms with van der Waals surface area (Å²) in [6.45, 7) is 1.18. The zero-order valence-corrected chi connectivity index (χ0v) is 15.8. The molecule has 1 fully saturated rings. The van der Waals surface area contributed by atoms with Crippen LogP contribution in [-0.4, -0.2) is 56.7 Å². The molecule has 1 aliphatic rings. The fourth-order valence-corrected chi connectivity index (χ4v) is 2.96. The largest absolute Gasteiger partial charge is 0.493 e. The van der Waals surface area contributed by atoms with Crippen molar-refractivity contribution in [3.63, 3.8) is 0 Å². The van der Waals surface area contributed by atoms with Crippen LogP contribution < -0.4 is 14.8 Å². The quantitative estimate of drug-likeness (QED) is 0.788. The van der Waals surface area contributed by atoms with Crippen LogP contribution in [-0.2, 0) is 14.3 Å². The number of nitrogens with one attached hydrogen (secondary N) is 1. The molecule has 28 heavy (non-hydrogen) atoms. The number of methoxy groups -OCH3 is 1. The minimum atomic E-state index is -0.368. The molecule has 0 aromatic heterocycles. The van der Waals surface area contributed by atoms with E-state index in [1.807, 2.05) is 36.4 Å². The van der Waals surface area contributed by atoms with Crippen molar-refractivity contribution >= 4 is 11.8 Å². The lowest BCUT2D eigenvalue weighted by molar-refractivity contribution is -0.139. The smallest absolute Gasteiger partial charge is 0.258 e. The summed E-state index contributed by atoms with van der Waals surface area (Å²) in [7, 11) is 1.53. The predicted octanol–water partition coefficient (Wildman–Crippen LogP) is 1.79. The molecule has 2 amide bonds. The molecule has 3 rings (SSSR count). The fraction of sp³-hybridized carbons (Fsp3) is 0.333. The van der Waals surface area contributed by atoms with Crippen molar-refractivity contribution < 1.29 is 23.8 Å². The zero-order chi connectivity index (χ0) is 19.8. The average Bonchev–Trinajstić information content (AvgIpc) is 2.76. The maximum atomic E-state index is 12.4. The second-order valence-electron chi connectivity index (χ2n) is 6.33. The van der Waals surface area contributed by atoms with Crippen molar-refractivity contribution in [1.82, 2.24) is 10.2 Å². The number of hydrogen-bond donors (Lipinski definition) is 1. The maximum Gasteiger partial charge on any atom is 0.258 e. The maximum absolute atomic E-state index is 12.4. The minimum absolute atomic E-state index is 0.0738. The van der Waals surface area contributed by atoms with Crippen molar-refractivity contribution in [1.29, 1.82) is 0 Å². The van der Waals surface area contributed by atoms with Gasteiger partial charge in [-0.25, -0.2) is 0 Å². The normalized spacial score (nSPS) is 16.3. The van der Waals surface area contributed by atoms with E-state index >= 15 is 0 Å². The highest BCUT2D eigenvalue weighted by Crippen LogP contribution is 2.25. The van der Waals surface area contributed by atoms with Gasteiger partial charge in [-0.2, -0.15) is 0 Å². The van der Waals surface area contributed by atoms with Gasteiger partial charge in [0.2, 0.25) is 5.91 Å². The Morgan fingerprint density at radius 3 is 2.57 bits per heavy atom. The van der Waals surface area contributed by atoms with Crippen LogP contribution in [0, 0.1) is 0 Å². The second kappa shape index (κ2) is 9.75. The molecule has 2 aromatic rings. The summed E-state index contributed by atoms with van der Waals surface area (Å²) in [6.07, 6.45) is -0.150. The molecule has 1 atom stereocenters. The number of nitrogens with zero attached hydrogens (tertiary/aromatic N) is 1. The lowest BCUT2D eigenvalue weighted by Crippen LogP contribution is -2.47. The van der Waals surface area contributed by atoms with Crippen molar-refractivity contribution in [3.8, 4) is 11.5 Å². The number of para-hydroxylation sites is 2. The van der Waals surface area contributed by atoms with E-state index in [4.69, 9.17) is 14.2 Å². The Morgan fingerprint density at radius 1 is 1.11 bits per heavy atom. The molecule has 0 saturated carbocycles. The molecule has 1 aliphatic heterocycles. The van der Waals surface area contributed by atoms with Gasteiger partial charge in [0, 0.05) is 6.54 Å². The lowest BCUT2D eigenvalue weighted by Gasteiger charge is -2.33. The zero-order valence-electron chi connectivity index (χ0n) is 15.8. The number of ether oxygens (including phenoxy) is 3. The van der Waals surface area contributed by atoms with Gasteiger partial charge >= 0.3 is 0 Å². The third kappa shape index (κ3) is 5.23. The van der Waals surface area contributed by atoms with E-state index in [1.165, 1.54) is 7.11 Å². The number of carbonyl (C=O) groups is 2. The standard InChI is InChI=1S/C21H24N2O5/c1-26-17-9-5-6-10-18(17)28-15-20(24)22-13-21(25)23-11-12-27-19(14-23)16-7-3-2-4-8-16/h2-10,19H,11-15H2,1H3,(H,22,24). The summed E-state index contributed by atoms with van der Waals surface area (Å²) in [5, 5.41) is 2.61. The Balaban J connectivity index is 1.45. The number of amides is 2. The number of hydrogen-bond acceptors (Lipinski definition) is 5. The molecule has 1 heterocycles. The van der Waals surface area contributed by atoms with Gasteiger partial charge < -0.3 is 24.4 Å². The highest BCUT2D eigenvalue weighted by atomic mass is 16.5. The molecular formula is C21H24N2O5. The van der Waals surface area contributed by atoms with E-state index in [-0.39, 0.29) is 31.1 Å². The highest BCUT2D eigenvalue weighted by molar-refractivity contribution is 5.85. The second-order valence-corrected chi connectivity index (χ2v) is 6.33. The summed E-state index contributed by atoms with van der Waals surface area (Å²) in [4.78, 5) is 26.2. The van der Waals surface area contributed by atoms with E-state index in [0.29, 0.717) is 31.2 Å². The Labute approximate surface area is 164 Å². The predicted molar refractivity (Wildman–Crippen MR) is 103 cm³/mol. The summed E-state index contributed by atoms with van der Waals surface area (Å²) < 4.78 is 16.4. The topological polar surface area (TPSA) is 77.1 Å². The van der Waals surface area contributed by atoms with Gasteiger partial charge in [0.25, 0.3) is 5.91 Å². The minimum Gasteiger partial charge on any atom is -0.493 e. The molecule has 0 aliphatic carbocycles. The van der Waals surface area contributed by atoms with Crippen LogP contribution in [0.2, 0.25) is 0 Å². The van der Waals surface area contributed by atoms with Gasteiger partial charge in [0.05, 0.1) is 26.8 Å². The van der Waals surface area contributed by atoms with E-state index in [9.17, 15) is 9.59 Å². The van der Waals surface area contributed by atoms with Gasteiger partial charge in [-0.1, -0.05) is 42.5 Å². The van der Waals surface area contributed by atoms with Gasteiger partial charge in [-0.05, 0) is 17.7 Å². The molecule has 1 unspecified atom stereocenters. The first-order chi connectivity index (χ1) is 13.7. The summed E-state index contributed by atoms with van der Waals surface area (Å²) in [5.41, 5.74) is 1.04. The van der Waals surface area contributed by atoms with Crippen LogP contribution in [0.4, 0.5) is 0 Å². The van der Waals surface area contributed by atoms with Crippen molar-refractivity contribution in [2.45, 2.75) is 6.10 Å². The van der Waals surface area contributed by atoms with E-state index in [0.717, 1.165) is 5.56 Å². The summed E-state index contributed by atoms with van der Waals surface area (Å²) in [6, 6.07) is 16.9. The molecule has 0 spiro atoms. The molecule has 2 aromatic carbocycles. The van der Waals surface area contributed by atoms with Crippen LogP contribution in [0.3, 0.4) is 0 Å². The van der Waals surface area contributed by atoms with Crippen LogP contribution in [0.5, 0.6) is 11.5 Å². The highest BCUT2D eigenvalue weighted by Gasteiger charge is 2.25. The van der Waals surface area contributed by atoms with Gasteiger partial charge in [-0.15, -0.1) is 0 Å². The summed E-state index contributed by atoms with van der Waals surface area (Å²) >= 11 is 0. The third-order valence-electron chi connectivity index (χ3n) is 4.46. The molecule has 1 N–H and O–H groups in total. The number of morpholine rings is 1. The first-order valence-electron chi connectivity index (χ1n) is 9.14. The Hall–Kier alpha value is -3.06. The molecular weight excluding hydrogens is 360 g/mol. The molecule has 0 radical (unpaired) electrons. The molecule has 7 heteroatoms. The van der Waals surface area contributed by atoms with Gasteiger partial charge in [-0.3, -0.25) is 9.59 Å². The monoisotopic (exact) mass is 384 g/mol. The summed E-state index contributed by atoms with van der Waals surface area (Å²) in [5.74, 6) is 0.513. The fourth-order valence-electron chi connectivity index (χ4n) is 2.96. The average molecular weight is 384 g/mol. The molecule has 0 bridgehead atoms. The van der Waals surface area contributed by atoms with E-state index < -0.39 is 0 Å². The van der Waals surface area contributed by atoms with Crippen LogP contribution >= 0.6 is 0 Å². The Kier molecular flexibility index (Phi) is 6.86. The van der Waals surface area contributed by atoms with Crippen molar-refractivity contribution in [2.75, 3.05) is 40.0 Å². The molecule has 7 nitrogen and oxygen atoms in total. The van der Waals surface area contributed by atoms with Crippen molar-refractivity contribution in [2.24, 2.45) is 0 Å². The van der Waals surface area contributed by atoms with Crippen molar-refractivity contribution in [3.05, 3.63) is 60.2 Å². The Morgan fingerprint density at radius 2 is 1.82 bits per heavy atom. The lowest BCUT2D eigenvalue weighted by atomic mass is 10.1. The van der Waals surface area contributed by atoms with E-state index in [1.54, 1.807) is 23.1 Å². The number of benzene rings is 2.